The van der Waals surface area contributed by atoms with Gasteiger partial charge in [0.15, 0.2) is 0 Å². The average Bonchev–Trinajstić information content (AvgIpc) is 2.26. The van der Waals surface area contributed by atoms with E-state index >= 15 is 0 Å². The predicted molar refractivity (Wildman–Crippen MR) is 72.0 cm³/mol. The van der Waals surface area contributed by atoms with Crippen LogP contribution in [0.15, 0.2) is 0 Å². The first-order chi connectivity index (χ1) is 8.99. The van der Waals surface area contributed by atoms with Gasteiger partial charge in [-0.25, -0.2) is 0 Å². The van der Waals surface area contributed by atoms with E-state index in [4.69, 9.17) is 0 Å². The van der Waals surface area contributed by atoms with Gasteiger partial charge in [0.1, 0.15) is 13.5 Å². The van der Waals surface area contributed by atoms with Crippen LogP contribution in [0.5, 0.6) is 0 Å². The van der Waals surface area contributed by atoms with Crippen LogP contribution in [0.4, 0.5) is 22.0 Å². The molecule has 0 aromatic rings. The normalized spacial score (nSPS) is 14.5. The molecule has 0 heterocycles. The average molecular weight is 332 g/mol. The lowest BCUT2D eigenvalue weighted by Gasteiger charge is -2.42. The number of hydrogen-bond donors (Lipinski definition) is 0. The maximum Gasteiger partial charge on any atom is 0.461 e. The van der Waals surface area contributed by atoms with Gasteiger partial charge in [0, 0.05) is 0 Å². The summed E-state index contributed by atoms with van der Waals surface area (Å²) >= 11 is 0. The fraction of sp³-hybridized carbons (Fsp3) is 0.846. The molecule has 0 saturated carbocycles. The monoisotopic (exact) mass is 332 g/mol. The summed E-state index contributed by atoms with van der Waals surface area (Å²) in [6.07, 6.45) is -7.34. The molecule has 0 aromatic heterocycles. The molecule has 0 saturated heterocycles. The molecular formula is C13H21F5O2Si. The van der Waals surface area contributed by atoms with Crippen LogP contribution in [0.1, 0.15) is 34.1 Å². The highest BCUT2D eigenvalue weighted by molar-refractivity contribution is 7.06. The van der Waals surface area contributed by atoms with Crippen LogP contribution in [0.2, 0.25) is 18.1 Å². The summed E-state index contributed by atoms with van der Waals surface area (Å²) in [7, 11) is -2.86. The van der Waals surface area contributed by atoms with E-state index in [1.54, 1.807) is 26.9 Å². The fourth-order valence-electron chi connectivity index (χ4n) is 1.72. The Labute approximate surface area is 122 Å². The molecule has 0 aromatic carbocycles. The molecule has 0 unspecified atom stereocenters. The minimum atomic E-state index is -5.97. The highest BCUT2D eigenvalue weighted by atomic mass is 28.3. The number of hydrogen-bond acceptors (Lipinski definition) is 2. The third-order valence-corrected chi connectivity index (χ3v) is 10.1. The Morgan fingerprint density at radius 1 is 1.00 bits per heavy atom. The van der Waals surface area contributed by atoms with Gasteiger partial charge in [-0.2, -0.15) is 22.0 Å². The Bertz CT molecular complexity index is 425. The Kier molecular flexibility index (Phi) is 5.56. The smallest absolute Gasteiger partial charge is 0.305 e. The molecule has 0 N–H and O–H groups in total. The number of alkyl halides is 5. The van der Waals surface area contributed by atoms with Crippen LogP contribution in [-0.4, -0.2) is 31.4 Å². The Morgan fingerprint density at radius 2 is 1.38 bits per heavy atom. The van der Waals surface area contributed by atoms with Gasteiger partial charge in [0.2, 0.25) is 5.78 Å². The van der Waals surface area contributed by atoms with E-state index in [0.29, 0.717) is 0 Å². The van der Waals surface area contributed by atoms with Gasteiger partial charge in [-0.3, -0.25) is 4.79 Å². The fourth-order valence-corrected chi connectivity index (χ4v) is 4.48. The Hall–Kier alpha value is -0.793. The van der Waals surface area contributed by atoms with Crippen molar-refractivity contribution >= 4 is 19.3 Å². The van der Waals surface area contributed by atoms with Crippen molar-refractivity contribution in [1.82, 2.24) is 0 Å². The van der Waals surface area contributed by atoms with Gasteiger partial charge in [0.25, 0.3) is 0 Å². The van der Waals surface area contributed by atoms with Gasteiger partial charge in [-0.1, -0.05) is 40.8 Å². The molecule has 0 fully saturated rings. The lowest BCUT2D eigenvalue weighted by Crippen LogP contribution is -2.53. The van der Waals surface area contributed by atoms with Crippen molar-refractivity contribution in [2.75, 3.05) is 0 Å². The summed E-state index contributed by atoms with van der Waals surface area (Å²) in [4.78, 5) is 23.3. The van der Waals surface area contributed by atoms with Crippen molar-refractivity contribution in [1.29, 1.82) is 0 Å². The van der Waals surface area contributed by atoms with E-state index in [0.717, 1.165) is 0 Å². The van der Waals surface area contributed by atoms with Gasteiger partial charge < -0.3 is 4.79 Å². The predicted octanol–water partition coefficient (Wildman–Crippen LogP) is 4.40. The number of Topliss-reactive ketones (excluding diaryl/α,β-unsaturated/α-hetero) is 1. The highest BCUT2D eigenvalue weighted by Gasteiger charge is 2.63. The molecule has 0 aliphatic heterocycles. The molecule has 0 amide bonds. The Balaban J connectivity index is 5.30. The Morgan fingerprint density at radius 3 is 1.67 bits per heavy atom. The summed E-state index contributed by atoms with van der Waals surface area (Å²) < 4.78 is 62.2. The highest BCUT2D eigenvalue weighted by Crippen LogP contribution is 2.45. The third kappa shape index (κ3) is 3.70. The molecule has 0 atom stereocenters. The molecular weight excluding hydrogens is 311 g/mol. The minimum absolute atomic E-state index is 0.0290. The number of rotatable bonds is 6. The van der Waals surface area contributed by atoms with Gasteiger partial charge in [-0.15, -0.1) is 0 Å². The summed E-state index contributed by atoms with van der Waals surface area (Å²) in [5, 5.41) is -1.31. The lowest BCUT2D eigenvalue weighted by atomic mass is 9.99. The second kappa shape index (κ2) is 5.77. The third-order valence-electron chi connectivity index (χ3n) is 4.78. The van der Waals surface area contributed by atoms with Crippen LogP contribution < -0.4 is 0 Å². The molecule has 0 rings (SSSR count). The first-order valence-electron chi connectivity index (χ1n) is 6.50. The molecule has 8 heteroatoms. The zero-order chi connectivity index (χ0) is 17.4. The van der Waals surface area contributed by atoms with Crippen LogP contribution in [0, 0.1) is 5.92 Å². The molecule has 124 valence electrons. The van der Waals surface area contributed by atoms with E-state index in [1.807, 2.05) is 13.8 Å². The lowest BCUT2D eigenvalue weighted by molar-refractivity contribution is -0.268. The van der Waals surface area contributed by atoms with Gasteiger partial charge >= 0.3 is 12.1 Å². The summed E-state index contributed by atoms with van der Waals surface area (Å²) in [6, 6.07) is 0. The maximum atomic E-state index is 12.9. The quantitative estimate of drug-likeness (QED) is 0.410. The van der Waals surface area contributed by atoms with Gasteiger partial charge in [-0.05, 0) is 11.0 Å². The number of halogens is 5. The van der Waals surface area contributed by atoms with Crippen molar-refractivity contribution in [3.63, 3.8) is 0 Å². The number of ketones is 1. The number of carbonyl (C=O) groups is 2. The minimum Gasteiger partial charge on any atom is -0.305 e. The van der Waals surface area contributed by atoms with E-state index < -0.39 is 42.8 Å². The van der Waals surface area contributed by atoms with Crippen molar-refractivity contribution in [2.24, 2.45) is 5.92 Å². The molecule has 0 spiro atoms. The molecule has 21 heavy (non-hydrogen) atoms. The summed E-state index contributed by atoms with van der Waals surface area (Å²) in [6.45, 7) is 10.4. The molecule has 0 aliphatic rings. The van der Waals surface area contributed by atoms with Crippen molar-refractivity contribution < 1.29 is 31.5 Å². The number of carbonyl (C=O) groups excluding carboxylic acids is 2. The van der Waals surface area contributed by atoms with Crippen molar-refractivity contribution in [3.8, 4) is 0 Å². The molecule has 2 nitrogen and oxygen atoms in total. The standard InChI is InChI=1S/C13H21F5O2Si/c1-8(2)11(3,4)21(5,6)10(20)7-9(19)12(14,15)13(16,17)18/h8H,7H2,1-6H3. The second-order valence-electron chi connectivity index (χ2n) is 6.60. The zero-order valence-corrected chi connectivity index (χ0v) is 14.0. The summed E-state index contributed by atoms with van der Waals surface area (Å²) in [5.41, 5.74) is 0. The van der Waals surface area contributed by atoms with E-state index in [-0.39, 0.29) is 5.92 Å². The topological polar surface area (TPSA) is 34.1 Å². The van der Waals surface area contributed by atoms with Crippen LogP contribution in [0.25, 0.3) is 0 Å². The molecule has 0 bridgehead atoms. The van der Waals surface area contributed by atoms with Gasteiger partial charge in [0.05, 0.1) is 6.42 Å². The second-order valence-corrected chi connectivity index (χ2v) is 11.7. The largest absolute Gasteiger partial charge is 0.461 e. The molecule has 0 aliphatic carbocycles. The SMILES string of the molecule is CC(C)C(C)(C)[Si](C)(C)C(=O)CC(=O)C(F)(F)C(F)(F)F. The first kappa shape index (κ1) is 20.2. The van der Waals surface area contributed by atoms with E-state index in [9.17, 15) is 31.5 Å². The summed E-state index contributed by atoms with van der Waals surface area (Å²) in [5.74, 6) is -7.82. The maximum absolute atomic E-state index is 12.9. The van der Waals surface area contributed by atoms with E-state index in [2.05, 4.69) is 0 Å². The van der Waals surface area contributed by atoms with Crippen LogP contribution in [-0.2, 0) is 9.59 Å². The van der Waals surface area contributed by atoms with Crippen molar-refractivity contribution in [2.45, 2.75) is 64.3 Å². The van der Waals surface area contributed by atoms with Crippen LogP contribution in [0.3, 0.4) is 0 Å². The first-order valence-corrected chi connectivity index (χ1v) is 9.50. The molecule has 0 radical (unpaired) electrons. The zero-order valence-electron chi connectivity index (χ0n) is 13.0. The van der Waals surface area contributed by atoms with Crippen molar-refractivity contribution in [3.05, 3.63) is 0 Å². The van der Waals surface area contributed by atoms with E-state index in [1.165, 1.54) is 0 Å². The van der Waals surface area contributed by atoms with Crippen LogP contribution >= 0.6 is 0 Å².